The minimum absolute atomic E-state index is 0.0676. The number of hydrogen-bond donors (Lipinski definition) is 0. The van der Waals surface area contributed by atoms with Crippen molar-refractivity contribution < 1.29 is 17.9 Å². The van der Waals surface area contributed by atoms with Gasteiger partial charge in [-0.05, 0) is 38.5 Å². The molecule has 5 nitrogen and oxygen atoms in total. The van der Waals surface area contributed by atoms with Crippen molar-refractivity contribution in [1.82, 2.24) is 4.90 Å². The monoisotopic (exact) mass is 421 g/mol. The van der Waals surface area contributed by atoms with E-state index in [-0.39, 0.29) is 22.1 Å². The van der Waals surface area contributed by atoms with Crippen molar-refractivity contribution in [2.24, 2.45) is 0 Å². The molecule has 6 heteroatoms. The van der Waals surface area contributed by atoms with Gasteiger partial charge in [0, 0.05) is 13.1 Å². The number of hydrogen-bond acceptors (Lipinski definition) is 5. The summed E-state index contributed by atoms with van der Waals surface area (Å²) in [5.74, 6) is -0.816. The van der Waals surface area contributed by atoms with E-state index in [2.05, 4.69) is 13.5 Å². The lowest BCUT2D eigenvalue weighted by Gasteiger charge is -2.24. The molecule has 0 bridgehead atoms. The molecular weight excluding hydrogens is 386 g/mol. The van der Waals surface area contributed by atoms with Crippen LogP contribution in [0.5, 0.6) is 0 Å². The van der Waals surface area contributed by atoms with Crippen molar-refractivity contribution in [3.8, 4) is 0 Å². The van der Waals surface area contributed by atoms with Gasteiger partial charge in [0.05, 0.1) is 17.2 Å². The van der Waals surface area contributed by atoms with E-state index in [0.717, 1.165) is 19.3 Å². The quantitative estimate of drug-likeness (QED) is 0.181. The third-order valence-electron chi connectivity index (χ3n) is 4.77. The molecule has 0 saturated heterocycles. The first-order valence-corrected chi connectivity index (χ1v) is 12.0. The summed E-state index contributed by atoms with van der Waals surface area (Å²) in [5.41, 5.74) is 0.284. The van der Waals surface area contributed by atoms with Crippen LogP contribution in [0, 0.1) is 0 Å². The zero-order valence-corrected chi connectivity index (χ0v) is 18.8. The summed E-state index contributed by atoms with van der Waals surface area (Å²) in [6.07, 6.45) is 7.75. The van der Waals surface area contributed by atoms with Crippen molar-refractivity contribution in [3.05, 3.63) is 53.6 Å². The van der Waals surface area contributed by atoms with Crippen LogP contribution in [0.25, 0.3) is 0 Å². The number of nitrogens with zero attached hydrogens (tertiary/aromatic N) is 1. The lowest BCUT2D eigenvalue weighted by atomic mass is 10.1. The normalized spacial score (nSPS) is 12.2. The third-order valence-corrected chi connectivity index (χ3v) is 6.57. The van der Waals surface area contributed by atoms with Gasteiger partial charge in [0.2, 0.25) is 9.84 Å². The lowest BCUT2D eigenvalue weighted by molar-refractivity contribution is -0.138. The molecule has 0 aliphatic heterocycles. The van der Waals surface area contributed by atoms with E-state index >= 15 is 0 Å². The summed E-state index contributed by atoms with van der Waals surface area (Å²) in [5, 5.41) is 0. The number of benzene rings is 1. The number of likely N-dealkylation sites (N-methyl/N-ethyl adjacent to an activating group) is 1. The lowest BCUT2D eigenvalue weighted by Crippen LogP contribution is -2.28. The summed E-state index contributed by atoms with van der Waals surface area (Å²) >= 11 is 0. The fourth-order valence-corrected chi connectivity index (χ4v) is 4.63. The molecule has 0 amide bonds. The minimum atomic E-state index is -4.04. The Morgan fingerprint density at radius 1 is 1.00 bits per heavy atom. The predicted octanol–water partition coefficient (Wildman–Crippen LogP) is 5.10. The molecule has 0 atom stereocenters. The van der Waals surface area contributed by atoms with Crippen molar-refractivity contribution in [1.29, 1.82) is 0 Å². The summed E-state index contributed by atoms with van der Waals surface area (Å²) in [6, 6.07) is 7.98. The van der Waals surface area contributed by atoms with E-state index in [0.29, 0.717) is 13.1 Å². The number of sulfone groups is 1. The SMILES string of the molecule is C=CC(=C(C(=O)OCCCCCCCC)S(=O)(=O)c1ccccc1)N(CC)CC. The number of ether oxygens (including phenoxy) is 1. The Morgan fingerprint density at radius 2 is 1.59 bits per heavy atom. The molecule has 1 rings (SSSR count). The van der Waals surface area contributed by atoms with Crippen LogP contribution in [0.2, 0.25) is 0 Å². The zero-order chi connectivity index (χ0) is 21.7. The number of allylic oxidation sites excluding steroid dienone is 1. The molecule has 0 aliphatic rings. The van der Waals surface area contributed by atoms with Gasteiger partial charge in [-0.25, -0.2) is 13.2 Å². The van der Waals surface area contributed by atoms with Crippen LogP contribution in [0.4, 0.5) is 0 Å². The van der Waals surface area contributed by atoms with E-state index in [1.165, 1.54) is 37.5 Å². The molecule has 0 fully saturated rings. The van der Waals surface area contributed by atoms with Crippen LogP contribution in [-0.2, 0) is 19.4 Å². The van der Waals surface area contributed by atoms with Crippen molar-refractivity contribution in [3.63, 3.8) is 0 Å². The maximum absolute atomic E-state index is 13.3. The van der Waals surface area contributed by atoms with Gasteiger partial charge in [-0.1, -0.05) is 63.8 Å². The van der Waals surface area contributed by atoms with Gasteiger partial charge in [0.15, 0.2) is 4.91 Å². The number of unbranched alkanes of at least 4 members (excludes halogenated alkanes) is 5. The molecule has 0 unspecified atom stereocenters. The van der Waals surface area contributed by atoms with E-state index in [4.69, 9.17) is 4.74 Å². The van der Waals surface area contributed by atoms with Crippen LogP contribution in [-0.4, -0.2) is 39.0 Å². The summed E-state index contributed by atoms with van der Waals surface area (Å²) in [7, 11) is -4.04. The number of rotatable bonds is 14. The summed E-state index contributed by atoms with van der Waals surface area (Å²) in [6.45, 7) is 11.0. The maximum atomic E-state index is 13.3. The van der Waals surface area contributed by atoms with Crippen LogP contribution in [0.1, 0.15) is 59.3 Å². The Bertz CT molecular complexity index is 765. The summed E-state index contributed by atoms with van der Waals surface area (Å²) in [4.78, 5) is 14.4. The van der Waals surface area contributed by atoms with E-state index in [1.54, 1.807) is 23.1 Å². The fourth-order valence-electron chi connectivity index (χ4n) is 3.11. The first kappa shape index (κ1) is 25.0. The highest BCUT2D eigenvalue weighted by Gasteiger charge is 2.32. The second-order valence-corrected chi connectivity index (χ2v) is 8.70. The van der Waals surface area contributed by atoms with Crippen LogP contribution in [0.3, 0.4) is 0 Å². The molecule has 0 saturated carbocycles. The average Bonchev–Trinajstić information content (AvgIpc) is 2.73. The van der Waals surface area contributed by atoms with Gasteiger partial charge in [-0.15, -0.1) is 0 Å². The van der Waals surface area contributed by atoms with E-state index in [9.17, 15) is 13.2 Å². The Kier molecular flexibility index (Phi) is 11.4. The van der Waals surface area contributed by atoms with Gasteiger partial charge < -0.3 is 9.64 Å². The highest BCUT2D eigenvalue weighted by Crippen LogP contribution is 2.26. The maximum Gasteiger partial charge on any atom is 0.352 e. The largest absolute Gasteiger partial charge is 0.462 e. The standard InChI is InChI=1S/C23H35NO4S/c1-5-9-10-11-12-16-19-28-23(25)22(21(6-2)24(7-3)8-4)29(26,27)20-17-14-13-15-18-20/h6,13-15,17-18H,2,5,7-12,16,19H2,1,3-4H3. The van der Waals surface area contributed by atoms with Crippen molar-refractivity contribution in [2.75, 3.05) is 19.7 Å². The molecule has 29 heavy (non-hydrogen) atoms. The fraction of sp³-hybridized carbons (Fsp3) is 0.522. The molecule has 0 N–H and O–H groups in total. The van der Waals surface area contributed by atoms with Gasteiger partial charge in [-0.3, -0.25) is 0 Å². The van der Waals surface area contributed by atoms with Crippen LogP contribution < -0.4 is 0 Å². The highest BCUT2D eigenvalue weighted by atomic mass is 32.2. The van der Waals surface area contributed by atoms with E-state index in [1.807, 2.05) is 13.8 Å². The zero-order valence-electron chi connectivity index (χ0n) is 18.0. The Balaban J connectivity index is 3.12. The molecule has 0 aromatic heterocycles. The first-order chi connectivity index (χ1) is 13.9. The van der Waals surface area contributed by atoms with E-state index < -0.39 is 15.8 Å². The molecule has 1 aromatic carbocycles. The molecule has 162 valence electrons. The second kappa shape index (κ2) is 13.2. The van der Waals surface area contributed by atoms with Crippen molar-refractivity contribution in [2.45, 2.75) is 64.2 Å². The molecular formula is C23H35NO4S. The summed E-state index contributed by atoms with van der Waals surface area (Å²) < 4.78 is 32.0. The number of esters is 1. The van der Waals surface area contributed by atoms with Gasteiger partial charge in [-0.2, -0.15) is 0 Å². The topological polar surface area (TPSA) is 63.7 Å². The third kappa shape index (κ3) is 7.35. The molecule has 0 heterocycles. The Labute approximate surface area is 176 Å². The molecule has 0 spiro atoms. The van der Waals surface area contributed by atoms with Gasteiger partial charge in [0.1, 0.15) is 0 Å². The Hall–Kier alpha value is -2.08. The first-order valence-electron chi connectivity index (χ1n) is 10.5. The molecule has 1 aromatic rings. The average molecular weight is 422 g/mol. The molecule has 0 radical (unpaired) electrons. The van der Waals surface area contributed by atoms with Crippen LogP contribution >= 0.6 is 0 Å². The van der Waals surface area contributed by atoms with Gasteiger partial charge in [0.25, 0.3) is 0 Å². The number of carbonyl (C=O) groups excluding carboxylic acids is 1. The van der Waals surface area contributed by atoms with Crippen LogP contribution in [0.15, 0.2) is 58.5 Å². The van der Waals surface area contributed by atoms with Crippen molar-refractivity contribution >= 4 is 15.8 Å². The minimum Gasteiger partial charge on any atom is -0.462 e. The Morgan fingerprint density at radius 3 is 2.14 bits per heavy atom. The molecule has 0 aliphatic carbocycles. The smallest absolute Gasteiger partial charge is 0.352 e. The predicted molar refractivity (Wildman–Crippen MR) is 118 cm³/mol. The second-order valence-electron chi connectivity index (χ2n) is 6.81. The van der Waals surface area contributed by atoms with Gasteiger partial charge >= 0.3 is 5.97 Å². The number of carbonyl (C=O) groups is 1. The highest BCUT2D eigenvalue weighted by molar-refractivity contribution is 7.96.